The van der Waals surface area contributed by atoms with Gasteiger partial charge in [0.05, 0.1) is 22.7 Å². The summed E-state index contributed by atoms with van der Waals surface area (Å²) < 4.78 is 0. The van der Waals surface area contributed by atoms with Gasteiger partial charge in [-0.15, -0.1) is 0 Å². The molecular weight excluding hydrogens is 270 g/mol. The standard InChI is InChI=1S/C12H16ClN3O3/c13-10-6-9(16(18)19)7-11(15-10)14-8-12(17)4-2-1-3-5-12/h6-7,17H,1-5,8H2,(H,14,15). The van der Waals surface area contributed by atoms with Crippen LogP contribution in [-0.2, 0) is 0 Å². The Bertz CT molecular complexity index is 475. The monoisotopic (exact) mass is 285 g/mol. The lowest BCUT2D eigenvalue weighted by Gasteiger charge is -2.32. The summed E-state index contributed by atoms with van der Waals surface area (Å²) in [5.74, 6) is 0.318. The van der Waals surface area contributed by atoms with Crippen LogP contribution in [0.2, 0.25) is 5.15 Å². The highest BCUT2D eigenvalue weighted by Gasteiger charge is 2.29. The average molecular weight is 286 g/mol. The van der Waals surface area contributed by atoms with E-state index in [9.17, 15) is 15.2 Å². The zero-order valence-corrected chi connectivity index (χ0v) is 11.2. The van der Waals surface area contributed by atoms with Gasteiger partial charge in [0.1, 0.15) is 11.0 Å². The first-order valence-electron chi connectivity index (χ1n) is 6.27. The maximum absolute atomic E-state index is 10.7. The number of nitrogens with one attached hydrogen (secondary N) is 1. The Balaban J connectivity index is 2.04. The number of aromatic nitrogens is 1. The highest BCUT2D eigenvalue weighted by atomic mass is 35.5. The number of aliphatic hydroxyl groups is 1. The van der Waals surface area contributed by atoms with Crippen molar-refractivity contribution < 1.29 is 10.0 Å². The Morgan fingerprint density at radius 2 is 2.11 bits per heavy atom. The van der Waals surface area contributed by atoms with Crippen LogP contribution in [0.3, 0.4) is 0 Å². The lowest BCUT2D eigenvalue weighted by atomic mass is 9.85. The van der Waals surface area contributed by atoms with Gasteiger partial charge in [0.2, 0.25) is 0 Å². The molecular formula is C12H16ClN3O3. The Kier molecular flexibility index (Phi) is 4.21. The molecule has 0 atom stereocenters. The molecule has 1 aromatic heterocycles. The van der Waals surface area contributed by atoms with E-state index in [1.807, 2.05) is 0 Å². The lowest BCUT2D eigenvalue weighted by molar-refractivity contribution is -0.384. The zero-order valence-electron chi connectivity index (χ0n) is 10.4. The molecule has 0 aliphatic heterocycles. The van der Waals surface area contributed by atoms with E-state index in [4.69, 9.17) is 11.6 Å². The molecule has 1 heterocycles. The number of hydrogen-bond acceptors (Lipinski definition) is 5. The Morgan fingerprint density at radius 3 is 2.74 bits per heavy atom. The van der Waals surface area contributed by atoms with Gasteiger partial charge in [0.15, 0.2) is 0 Å². The fraction of sp³-hybridized carbons (Fsp3) is 0.583. The molecule has 104 valence electrons. The number of nitrogens with zero attached hydrogens (tertiary/aromatic N) is 2. The number of pyridine rings is 1. The van der Waals surface area contributed by atoms with Crippen LogP contribution in [0.25, 0.3) is 0 Å². The molecule has 1 aliphatic rings. The van der Waals surface area contributed by atoms with Crippen molar-refractivity contribution in [2.75, 3.05) is 11.9 Å². The summed E-state index contributed by atoms with van der Waals surface area (Å²) in [6.07, 6.45) is 4.62. The third-order valence-electron chi connectivity index (χ3n) is 3.37. The SMILES string of the molecule is O=[N+]([O-])c1cc(Cl)nc(NCC2(O)CCCCC2)c1. The second kappa shape index (κ2) is 5.71. The van der Waals surface area contributed by atoms with Crippen molar-refractivity contribution in [3.8, 4) is 0 Å². The summed E-state index contributed by atoms with van der Waals surface area (Å²) in [7, 11) is 0. The topological polar surface area (TPSA) is 88.3 Å². The normalized spacial score (nSPS) is 18.0. The number of halogens is 1. The minimum absolute atomic E-state index is 0.0623. The maximum atomic E-state index is 10.7. The number of anilines is 1. The Morgan fingerprint density at radius 1 is 1.42 bits per heavy atom. The second-order valence-corrected chi connectivity index (χ2v) is 5.32. The van der Waals surface area contributed by atoms with Crippen molar-refractivity contribution >= 4 is 23.1 Å². The fourth-order valence-corrected chi connectivity index (χ4v) is 2.52. The van der Waals surface area contributed by atoms with Crippen LogP contribution in [-0.4, -0.2) is 27.2 Å². The van der Waals surface area contributed by atoms with E-state index in [1.165, 1.54) is 12.1 Å². The molecule has 1 aromatic rings. The van der Waals surface area contributed by atoms with Crippen LogP contribution in [0.5, 0.6) is 0 Å². The van der Waals surface area contributed by atoms with Crippen molar-refractivity contribution in [1.82, 2.24) is 4.98 Å². The van der Waals surface area contributed by atoms with E-state index in [0.29, 0.717) is 12.4 Å². The summed E-state index contributed by atoms with van der Waals surface area (Å²) in [4.78, 5) is 14.2. The highest BCUT2D eigenvalue weighted by Crippen LogP contribution is 2.28. The average Bonchev–Trinajstić information content (AvgIpc) is 2.37. The molecule has 1 fully saturated rings. The summed E-state index contributed by atoms with van der Waals surface area (Å²) in [6.45, 7) is 0.331. The quantitative estimate of drug-likeness (QED) is 0.504. The van der Waals surface area contributed by atoms with Gasteiger partial charge < -0.3 is 10.4 Å². The van der Waals surface area contributed by atoms with Crippen molar-refractivity contribution in [2.45, 2.75) is 37.7 Å². The van der Waals surface area contributed by atoms with Gasteiger partial charge in [-0.05, 0) is 12.8 Å². The van der Waals surface area contributed by atoms with Crippen LogP contribution >= 0.6 is 11.6 Å². The summed E-state index contributed by atoms with van der Waals surface area (Å²) >= 11 is 5.73. The number of hydrogen-bond donors (Lipinski definition) is 2. The minimum Gasteiger partial charge on any atom is -0.388 e. The molecule has 7 heteroatoms. The second-order valence-electron chi connectivity index (χ2n) is 4.93. The van der Waals surface area contributed by atoms with E-state index in [0.717, 1.165) is 32.1 Å². The van der Waals surface area contributed by atoms with Gasteiger partial charge in [-0.1, -0.05) is 30.9 Å². The molecule has 2 rings (SSSR count). The molecule has 1 aliphatic carbocycles. The molecule has 19 heavy (non-hydrogen) atoms. The van der Waals surface area contributed by atoms with Gasteiger partial charge in [-0.2, -0.15) is 0 Å². The van der Waals surface area contributed by atoms with Crippen LogP contribution < -0.4 is 5.32 Å². The Hall–Kier alpha value is -1.40. The maximum Gasteiger partial charge on any atom is 0.276 e. The van der Waals surface area contributed by atoms with E-state index in [-0.39, 0.29) is 10.8 Å². The van der Waals surface area contributed by atoms with Gasteiger partial charge in [-0.3, -0.25) is 10.1 Å². The van der Waals surface area contributed by atoms with Crippen molar-refractivity contribution in [3.63, 3.8) is 0 Å². The zero-order chi connectivity index (χ0) is 13.9. The first-order valence-corrected chi connectivity index (χ1v) is 6.65. The fourth-order valence-electron chi connectivity index (χ4n) is 2.32. The molecule has 0 unspecified atom stereocenters. The van der Waals surface area contributed by atoms with Crippen LogP contribution in [0.15, 0.2) is 12.1 Å². The molecule has 0 saturated heterocycles. The number of rotatable bonds is 4. The summed E-state index contributed by atoms with van der Waals surface area (Å²) in [5, 5.41) is 24.0. The molecule has 0 radical (unpaired) electrons. The predicted octanol–water partition coefficient (Wildman–Crippen LogP) is 2.75. The largest absolute Gasteiger partial charge is 0.388 e. The van der Waals surface area contributed by atoms with Crippen LogP contribution in [0.4, 0.5) is 11.5 Å². The molecule has 6 nitrogen and oxygen atoms in total. The first kappa shape index (κ1) is 14.0. The predicted molar refractivity (Wildman–Crippen MR) is 72.4 cm³/mol. The van der Waals surface area contributed by atoms with Gasteiger partial charge in [-0.25, -0.2) is 4.98 Å². The minimum atomic E-state index is -0.753. The van der Waals surface area contributed by atoms with E-state index >= 15 is 0 Å². The Labute approximate surface area is 116 Å². The van der Waals surface area contributed by atoms with Crippen molar-refractivity contribution in [2.24, 2.45) is 0 Å². The molecule has 0 aromatic carbocycles. The molecule has 1 saturated carbocycles. The number of nitro groups is 1. The van der Waals surface area contributed by atoms with Crippen LogP contribution in [0, 0.1) is 10.1 Å². The lowest BCUT2D eigenvalue weighted by Crippen LogP contribution is -2.38. The summed E-state index contributed by atoms with van der Waals surface area (Å²) in [5.41, 5.74) is -0.866. The molecule has 0 amide bonds. The van der Waals surface area contributed by atoms with Gasteiger partial charge in [0, 0.05) is 6.54 Å². The van der Waals surface area contributed by atoms with Crippen molar-refractivity contribution in [3.05, 3.63) is 27.4 Å². The highest BCUT2D eigenvalue weighted by molar-refractivity contribution is 6.29. The van der Waals surface area contributed by atoms with Crippen molar-refractivity contribution in [1.29, 1.82) is 0 Å². The van der Waals surface area contributed by atoms with E-state index < -0.39 is 10.5 Å². The molecule has 0 spiro atoms. The molecule has 0 bridgehead atoms. The van der Waals surface area contributed by atoms with E-state index in [1.54, 1.807) is 0 Å². The third kappa shape index (κ3) is 3.78. The summed E-state index contributed by atoms with van der Waals surface area (Å²) in [6, 6.07) is 2.51. The third-order valence-corrected chi connectivity index (χ3v) is 3.57. The van der Waals surface area contributed by atoms with Gasteiger partial charge >= 0.3 is 0 Å². The molecule has 2 N–H and O–H groups in total. The van der Waals surface area contributed by atoms with Crippen LogP contribution in [0.1, 0.15) is 32.1 Å². The van der Waals surface area contributed by atoms with E-state index in [2.05, 4.69) is 10.3 Å². The first-order chi connectivity index (χ1) is 8.98. The van der Waals surface area contributed by atoms with Gasteiger partial charge in [0.25, 0.3) is 5.69 Å². The smallest absolute Gasteiger partial charge is 0.276 e.